The molecule has 1 saturated carbocycles. The van der Waals surface area contributed by atoms with E-state index in [1.807, 2.05) is 36.4 Å². The number of hydrogen-bond acceptors (Lipinski definition) is 7. The highest BCUT2D eigenvalue weighted by molar-refractivity contribution is 6.22. The van der Waals surface area contributed by atoms with Gasteiger partial charge in [-0.3, -0.25) is 5.41 Å². The number of carbonyl (C=O) groups excluding carboxylic acids is 1. The molecule has 4 aromatic rings. The van der Waals surface area contributed by atoms with Crippen molar-refractivity contribution in [3.8, 4) is 23.0 Å². The largest absolute Gasteiger partial charge is 0.497 e. The van der Waals surface area contributed by atoms with Gasteiger partial charge < -0.3 is 24.1 Å². The molecule has 42 heavy (non-hydrogen) atoms. The molecule has 0 bridgehead atoms. The molecule has 0 saturated heterocycles. The van der Waals surface area contributed by atoms with Crippen molar-refractivity contribution >= 4 is 17.5 Å². The summed E-state index contributed by atoms with van der Waals surface area (Å²) < 4.78 is 23.6. The lowest BCUT2D eigenvalue weighted by Gasteiger charge is -2.39. The van der Waals surface area contributed by atoms with E-state index in [1.165, 1.54) is 14.2 Å². The molecule has 0 aromatic heterocycles. The summed E-state index contributed by atoms with van der Waals surface area (Å²) in [5.74, 6) is 2.72. The number of aliphatic imine (C=N–C) groups is 1. The van der Waals surface area contributed by atoms with E-state index >= 15 is 0 Å². The maximum Gasteiger partial charge on any atom is 0.185 e. The predicted molar refractivity (Wildman–Crippen MR) is 158 cm³/mol. The lowest BCUT2D eigenvalue weighted by molar-refractivity contribution is -0.0723. The number of nitrogens with one attached hydrogen (secondary N) is 1. The van der Waals surface area contributed by atoms with Crippen LogP contribution in [0.15, 0.2) is 108 Å². The van der Waals surface area contributed by atoms with Crippen molar-refractivity contribution in [1.29, 1.82) is 5.41 Å². The lowest BCUT2D eigenvalue weighted by Crippen LogP contribution is -2.51. The van der Waals surface area contributed by atoms with Crippen LogP contribution in [-0.2, 0) is 16.0 Å². The Hall–Kier alpha value is -5.17. The Morgan fingerprint density at radius 3 is 2.12 bits per heavy atom. The van der Waals surface area contributed by atoms with Gasteiger partial charge in [0.15, 0.2) is 17.0 Å². The van der Waals surface area contributed by atoms with Crippen LogP contribution in [0.2, 0.25) is 0 Å². The van der Waals surface area contributed by atoms with E-state index in [2.05, 4.69) is 10.9 Å². The molecular formula is C34H28N2O6. The van der Waals surface area contributed by atoms with Gasteiger partial charge in [-0.2, -0.15) is 0 Å². The molecule has 0 unspecified atom stereocenters. The molecule has 0 radical (unpaired) electrons. The molecule has 0 amide bonds. The summed E-state index contributed by atoms with van der Waals surface area (Å²) in [4.78, 5) is 17.7. The quantitative estimate of drug-likeness (QED) is 0.190. The van der Waals surface area contributed by atoms with Crippen molar-refractivity contribution < 1.29 is 28.8 Å². The predicted octanol–water partition coefficient (Wildman–Crippen LogP) is 5.21. The fraction of sp³-hybridized carbons (Fsp3) is 0.176. The van der Waals surface area contributed by atoms with Crippen molar-refractivity contribution in [2.45, 2.75) is 17.1 Å². The first-order valence-corrected chi connectivity index (χ1v) is 13.3. The molecule has 3 atom stereocenters. The van der Waals surface area contributed by atoms with Crippen molar-refractivity contribution in [2.75, 3.05) is 21.3 Å². The number of methoxy groups -OCH3 is 3. The average molecular weight is 561 g/mol. The molecule has 1 aliphatic carbocycles. The number of aliphatic hydroxyl groups is 1. The SMILES string of the molecule is COc1ccc([C@@]23Oc4cc(OC)cc(OC)c4[C@]2(O)C(=NC(=N)c2ccccc2)C(=C=O)[C@H]3c2ccccc2)cc1. The minimum absolute atomic E-state index is 0.0433. The minimum Gasteiger partial charge on any atom is -0.497 e. The van der Waals surface area contributed by atoms with Crippen molar-refractivity contribution in [1.82, 2.24) is 0 Å². The number of amidine groups is 1. The molecule has 0 spiro atoms. The Morgan fingerprint density at radius 1 is 0.881 bits per heavy atom. The first kappa shape index (κ1) is 27.0. The molecule has 8 nitrogen and oxygen atoms in total. The van der Waals surface area contributed by atoms with Crippen LogP contribution < -0.4 is 18.9 Å². The number of nitrogens with zero attached hydrogens (tertiary/aromatic N) is 1. The number of benzene rings is 4. The highest BCUT2D eigenvalue weighted by Gasteiger charge is 2.75. The van der Waals surface area contributed by atoms with Gasteiger partial charge in [0.25, 0.3) is 0 Å². The van der Waals surface area contributed by atoms with Crippen LogP contribution in [0.4, 0.5) is 0 Å². The number of hydrogen-bond donors (Lipinski definition) is 2. The smallest absolute Gasteiger partial charge is 0.185 e. The molecule has 2 aliphatic rings. The zero-order valence-corrected chi connectivity index (χ0v) is 23.3. The Labute approximate surface area is 243 Å². The highest BCUT2D eigenvalue weighted by atomic mass is 16.5. The van der Waals surface area contributed by atoms with E-state index in [0.717, 1.165) is 0 Å². The maximum atomic E-state index is 13.3. The Kier molecular flexibility index (Phi) is 6.65. The average Bonchev–Trinajstić information content (AvgIpc) is 3.43. The van der Waals surface area contributed by atoms with E-state index in [-0.39, 0.29) is 28.4 Å². The molecule has 6 rings (SSSR count). The first-order valence-electron chi connectivity index (χ1n) is 13.3. The van der Waals surface area contributed by atoms with Crippen LogP contribution in [0.3, 0.4) is 0 Å². The third-order valence-electron chi connectivity index (χ3n) is 7.99. The van der Waals surface area contributed by atoms with Gasteiger partial charge in [-0.1, -0.05) is 72.8 Å². The second kappa shape index (κ2) is 10.3. The van der Waals surface area contributed by atoms with Gasteiger partial charge in [-0.25, -0.2) is 9.79 Å². The third kappa shape index (κ3) is 3.77. The van der Waals surface area contributed by atoms with Crippen LogP contribution in [0.1, 0.15) is 28.2 Å². The second-order valence-electron chi connectivity index (χ2n) is 10.0. The zero-order valence-electron chi connectivity index (χ0n) is 23.3. The van der Waals surface area contributed by atoms with E-state index in [0.29, 0.717) is 33.9 Å². The summed E-state index contributed by atoms with van der Waals surface area (Å²) >= 11 is 0. The summed E-state index contributed by atoms with van der Waals surface area (Å²) in [5, 5.41) is 22.2. The van der Waals surface area contributed by atoms with Crippen LogP contribution in [0.25, 0.3) is 0 Å². The number of rotatable bonds is 6. The van der Waals surface area contributed by atoms with Crippen LogP contribution in [0, 0.1) is 5.41 Å². The van der Waals surface area contributed by atoms with Crippen molar-refractivity contribution in [2.24, 2.45) is 4.99 Å². The van der Waals surface area contributed by atoms with E-state index in [4.69, 9.17) is 24.4 Å². The molecule has 1 fully saturated rings. The molecule has 210 valence electrons. The normalized spacial score (nSPS) is 23.0. The van der Waals surface area contributed by atoms with Crippen LogP contribution >= 0.6 is 0 Å². The molecular weight excluding hydrogens is 532 g/mol. The van der Waals surface area contributed by atoms with Crippen LogP contribution in [0.5, 0.6) is 23.0 Å². The second-order valence-corrected chi connectivity index (χ2v) is 10.0. The summed E-state index contributed by atoms with van der Waals surface area (Å²) in [5.41, 5.74) is -1.68. The maximum absolute atomic E-state index is 13.3. The third-order valence-corrected chi connectivity index (χ3v) is 7.99. The van der Waals surface area contributed by atoms with Gasteiger partial charge in [0.1, 0.15) is 28.9 Å². The Bertz CT molecular complexity index is 1750. The van der Waals surface area contributed by atoms with Crippen molar-refractivity contribution in [3.05, 3.63) is 125 Å². The number of ether oxygens (including phenoxy) is 4. The Morgan fingerprint density at radius 2 is 1.52 bits per heavy atom. The van der Waals surface area contributed by atoms with Crippen molar-refractivity contribution in [3.63, 3.8) is 0 Å². The molecule has 4 aromatic carbocycles. The Balaban J connectivity index is 1.75. The molecule has 1 heterocycles. The fourth-order valence-electron chi connectivity index (χ4n) is 6.15. The van der Waals surface area contributed by atoms with Gasteiger partial charge in [-0.05, 0) is 17.7 Å². The van der Waals surface area contributed by atoms with E-state index in [9.17, 15) is 9.90 Å². The van der Waals surface area contributed by atoms with Gasteiger partial charge in [0.05, 0.1) is 44.1 Å². The van der Waals surface area contributed by atoms with Gasteiger partial charge in [-0.15, -0.1) is 0 Å². The topological polar surface area (TPSA) is 110 Å². The van der Waals surface area contributed by atoms with Gasteiger partial charge in [0, 0.05) is 23.3 Å². The minimum atomic E-state index is -2.09. The summed E-state index contributed by atoms with van der Waals surface area (Å²) in [7, 11) is 4.58. The molecule has 1 aliphatic heterocycles. The standard InChI is InChI=1S/C34H28N2O6/c1-39-24-16-14-23(15-17-24)34-29(21-10-6-4-7-11-21)26(20-37)31(36-32(35)22-12-8-5-9-13-22)33(34,38)30-27(41-3)18-25(40-2)19-28(30)42-34/h4-19,29,35,38H,1-3H3/t29-,33+,34+/m1/s1. The van der Waals surface area contributed by atoms with Crippen LogP contribution in [-0.4, -0.2) is 43.9 Å². The summed E-state index contributed by atoms with van der Waals surface area (Å²) in [6.45, 7) is 0. The molecule has 8 heteroatoms. The summed E-state index contributed by atoms with van der Waals surface area (Å²) in [6, 6.07) is 28.6. The lowest BCUT2D eigenvalue weighted by atomic mass is 9.71. The first-order chi connectivity index (χ1) is 20.4. The number of fused-ring (bicyclic) bond motifs is 3. The monoisotopic (exact) mass is 560 g/mol. The van der Waals surface area contributed by atoms with Gasteiger partial charge in [0.2, 0.25) is 0 Å². The van der Waals surface area contributed by atoms with Gasteiger partial charge >= 0.3 is 0 Å². The molecule has 2 N–H and O–H groups in total. The fourth-order valence-corrected chi connectivity index (χ4v) is 6.15. The van der Waals surface area contributed by atoms with E-state index < -0.39 is 17.1 Å². The zero-order chi connectivity index (χ0) is 29.5. The summed E-state index contributed by atoms with van der Waals surface area (Å²) in [6.07, 6.45) is 0. The highest BCUT2D eigenvalue weighted by Crippen LogP contribution is 2.68. The van der Waals surface area contributed by atoms with E-state index in [1.54, 1.807) is 67.8 Å².